The minimum absolute atomic E-state index is 0.0944. The molecule has 0 amide bonds. The third-order valence-corrected chi connectivity index (χ3v) is 11.0. The van der Waals surface area contributed by atoms with Crippen LogP contribution in [0.25, 0.3) is 0 Å². The summed E-state index contributed by atoms with van der Waals surface area (Å²) >= 11 is 0. The second-order valence-electron chi connectivity index (χ2n) is 17.4. The van der Waals surface area contributed by atoms with Gasteiger partial charge in [-0.25, -0.2) is 0 Å². The van der Waals surface area contributed by atoms with Crippen molar-refractivity contribution in [1.82, 2.24) is 0 Å². The number of hydrogen-bond donors (Lipinski definition) is 0. The molecule has 0 aromatic rings. The van der Waals surface area contributed by atoms with E-state index in [1.54, 1.807) is 0 Å². The standard InChI is InChI=1S/C60H98O6/c1-4-7-10-13-16-19-21-22-23-24-25-26-27-28-29-30-31-32-33-34-35-36-37-38-39-42-44-47-50-53-59(62)65-56-57(55-64-58(61)52-49-46-43-40-18-15-12-9-6-3)66-60(63)54-51-48-45-41-20-17-14-11-8-5-2/h7,10,16,19,22-23,25-26,28-29,31-32,34-35,37-38,42,44,57H,4-6,8-9,11-15,17-18,20-21,24,27,30,33,36,39-41,43,45-56H2,1-3H3/b10-7-,19-16-,23-22-,26-25-,29-28-,32-31-,35-34-,38-37-,44-42-. The molecule has 1 atom stereocenters. The SMILES string of the molecule is CC/C=C\C/C=C\C/C=C\C/C=C\C/C=C\C/C=C\C/C=C\C/C=C\C/C=C\CCCC(=O)OCC(COC(=O)CCCCCCCCCCC)OC(=O)CCCCCCCCCCCC. The maximum Gasteiger partial charge on any atom is 0.306 e. The minimum Gasteiger partial charge on any atom is -0.462 e. The average molecular weight is 915 g/mol. The molecule has 0 saturated heterocycles. The zero-order chi connectivity index (χ0) is 47.9. The van der Waals surface area contributed by atoms with Crippen LogP contribution in [-0.2, 0) is 28.6 Å². The first kappa shape index (κ1) is 62.1. The maximum absolute atomic E-state index is 12.7. The molecule has 6 heteroatoms. The van der Waals surface area contributed by atoms with E-state index in [1.165, 1.54) is 83.5 Å². The predicted octanol–water partition coefficient (Wildman–Crippen LogP) is 17.9. The highest BCUT2D eigenvalue weighted by Gasteiger charge is 2.19. The molecule has 0 N–H and O–H groups in total. The van der Waals surface area contributed by atoms with Crippen molar-refractivity contribution in [3.63, 3.8) is 0 Å². The monoisotopic (exact) mass is 915 g/mol. The molecule has 0 aliphatic rings. The van der Waals surface area contributed by atoms with Crippen molar-refractivity contribution >= 4 is 17.9 Å². The van der Waals surface area contributed by atoms with Gasteiger partial charge in [0.05, 0.1) is 0 Å². The average Bonchev–Trinajstić information content (AvgIpc) is 3.31. The minimum atomic E-state index is -0.796. The van der Waals surface area contributed by atoms with E-state index in [2.05, 4.69) is 130 Å². The van der Waals surface area contributed by atoms with Gasteiger partial charge < -0.3 is 14.2 Å². The van der Waals surface area contributed by atoms with Gasteiger partial charge in [0.2, 0.25) is 0 Å². The van der Waals surface area contributed by atoms with Crippen LogP contribution >= 0.6 is 0 Å². The van der Waals surface area contributed by atoms with Crippen molar-refractivity contribution in [2.45, 2.75) is 239 Å². The summed E-state index contributed by atoms with van der Waals surface area (Å²) < 4.78 is 16.7. The summed E-state index contributed by atoms with van der Waals surface area (Å²) in [6.45, 7) is 6.43. The number of carbonyl (C=O) groups is 3. The van der Waals surface area contributed by atoms with Gasteiger partial charge in [0.1, 0.15) is 13.2 Å². The summed E-state index contributed by atoms with van der Waals surface area (Å²) in [4.78, 5) is 37.8. The quantitative estimate of drug-likeness (QED) is 0.0262. The third-order valence-electron chi connectivity index (χ3n) is 11.0. The van der Waals surface area contributed by atoms with Gasteiger partial charge in [0, 0.05) is 19.3 Å². The Balaban J connectivity index is 4.31. The van der Waals surface area contributed by atoms with Gasteiger partial charge in [0.25, 0.3) is 0 Å². The normalized spacial score (nSPS) is 13.0. The summed E-state index contributed by atoms with van der Waals surface area (Å²) in [7, 11) is 0. The molecule has 0 radical (unpaired) electrons. The number of allylic oxidation sites excluding steroid dienone is 18. The van der Waals surface area contributed by atoms with E-state index in [9.17, 15) is 14.4 Å². The lowest BCUT2D eigenvalue weighted by molar-refractivity contribution is -0.167. The Morgan fingerprint density at radius 3 is 0.924 bits per heavy atom. The van der Waals surface area contributed by atoms with Crippen LogP contribution in [-0.4, -0.2) is 37.2 Å². The molecule has 0 aromatic heterocycles. The molecule has 0 rings (SSSR count). The highest BCUT2D eigenvalue weighted by Crippen LogP contribution is 2.14. The van der Waals surface area contributed by atoms with Gasteiger partial charge >= 0.3 is 17.9 Å². The van der Waals surface area contributed by atoms with Crippen molar-refractivity contribution < 1.29 is 28.6 Å². The van der Waals surface area contributed by atoms with Crippen molar-refractivity contribution in [3.8, 4) is 0 Å². The van der Waals surface area contributed by atoms with E-state index in [1.807, 2.05) is 0 Å². The third kappa shape index (κ3) is 51.1. The molecule has 0 fully saturated rings. The molecule has 374 valence electrons. The van der Waals surface area contributed by atoms with E-state index < -0.39 is 6.10 Å². The molecular formula is C60H98O6. The molecule has 0 heterocycles. The molecule has 0 aromatic carbocycles. The Kier molecular flexibility index (Phi) is 50.5. The first-order valence-electron chi connectivity index (χ1n) is 26.9. The number of esters is 3. The Morgan fingerprint density at radius 1 is 0.318 bits per heavy atom. The van der Waals surface area contributed by atoms with Crippen LogP contribution in [0.4, 0.5) is 0 Å². The first-order valence-corrected chi connectivity index (χ1v) is 26.9. The van der Waals surface area contributed by atoms with E-state index in [0.717, 1.165) is 103 Å². The number of hydrogen-bond acceptors (Lipinski definition) is 6. The molecular weight excluding hydrogens is 817 g/mol. The highest BCUT2D eigenvalue weighted by molar-refractivity contribution is 5.71. The molecule has 0 spiro atoms. The summed E-state index contributed by atoms with van der Waals surface area (Å²) in [5, 5.41) is 0. The van der Waals surface area contributed by atoms with Crippen molar-refractivity contribution in [2.24, 2.45) is 0 Å². The van der Waals surface area contributed by atoms with Gasteiger partial charge in [-0.05, 0) is 83.5 Å². The van der Waals surface area contributed by atoms with E-state index in [0.29, 0.717) is 19.3 Å². The molecule has 0 aliphatic heterocycles. The first-order chi connectivity index (χ1) is 32.5. The molecule has 1 unspecified atom stereocenters. The largest absolute Gasteiger partial charge is 0.462 e. The Morgan fingerprint density at radius 2 is 0.591 bits per heavy atom. The van der Waals surface area contributed by atoms with Gasteiger partial charge in [-0.2, -0.15) is 0 Å². The summed E-state index contributed by atoms with van der Waals surface area (Å²) in [6.07, 6.45) is 72.4. The maximum atomic E-state index is 12.7. The lowest BCUT2D eigenvalue weighted by atomic mass is 10.1. The predicted molar refractivity (Wildman–Crippen MR) is 283 cm³/mol. The van der Waals surface area contributed by atoms with E-state index in [4.69, 9.17) is 14.2 Å². The van der Waals surface area contributed by atoms with Crippen LogP contribution in [0.1, 0.15) is 233 Å². The molecule has 6 nitrogen and oxygen atoms in total. The van der Waals surface area contributed by atoms with Crippen LogP contribution in [0, 0.1) is 0 Å². The lowest BCUT2D eigenvalue weighted by Crippen LogP contribution is -2.30. The zero-order valence-corrected chi connectivity index (χ0v) is 42.7. The topological polar surface area (TPSA) is 78.9 Å². The number of carbonyl (C=O) groups excluding carboxylic acids is 3. The van der Waals surface area contributed by atoms with Crippen molar-refractivity contribution in [2.75, 3.05) is 13.2 Å². The Hall–Kier alpha value is -3.93. The lowest BCUT2D eigenvalue weighted by Gasteiger charge is -2.18. The van der Waals surface area contributed by atoms with E-state index in [-0.39, 0.29) is 37.5 Å². The van der Waals surface area contributed by atoms with Crippen molar-refractivity contribution in [3.05, 3.63) is 109 Å². The van der Waals surface area contributed by atoms with Crippen LogP contribution in [0.2, 0.25) is 0 Å². The van der Waals surface area contributed by atoms with Crippen LogP contribution < -0.4 is 0 Å². The van der Waals surface area contributed by atoms with Gasteiger partial charge in [-0.3, -0.25) is 14.4 Å². The van der Waals surface area contributed by atoms with Crippen molar-refractivity contribution in [1.29, 1.82) is 0 Å². The zero-order valence-electron chi connectivity index (χ0n) is 42.7. The Labute approximate surface area is 406 Å². The molecule has 0 saturated carbocycles. The fourth-order valence-corrected chi connectivity index (χ4v) is 7.03. The van der Waals surface area contributed by atoms with Gasteiger partial charge in [0.15, 0.2) is 6.10 Å². The second-order valence-corrected chi connectivity index (χ2v) is 17.4. The highest BCUT2D eigenvalue weighted by atomic mass is 16.6. The smallest absolute Gasteiger partial charge is 0.306 e. The van der Waals surface area contributed by atoms with Gasteiger partial charge in [-0.15, -0.1) is 0 Å². The molecule has 0 bridgehead atoms. The number of unbranched alkanes of at least 4 members (excludes halogenated alkanes) is 18. The van der Waals surface area contributed by atoms with Gasteiger partial charge in [-0.1, -0.05) is 239 Å². The fourth-order valence-electron chi connectivity index (χ4n) is 7.03. The summed E-state index contributed by atoms with van der Waals surface area (Å²) in [6, 6.07) is 0. The fraction of sp³-hybridized carbons (Fsp3) is 0.650. The summed E-state index contributed by atoms with van der Waals surface area (Å²) in [5.41, 5.74) is 0. The Bertz CT molecular complexity index is 1370. The second kappa shape index (κ2) is 53.7. The summed E-state index contributed by atoms with van der Waals surface area (Å²) in [5.74, 6) is -0.965. The van der Waals surface area contributed by atoms with Crippen LogP contribution in [0.5, 0.6) is 0 Å². The molecule has 66 heavy (non-hydrogen) atoms. The van der Waals surface area contributed by atoms with Crippen LogP contribution in [0.3, 0.4) is 0 Å². The van der Waals surface area contributed by atoms with E-state index >= 15 is 0 Å². The van der Waals surface area contributed by atoms with Crippen LogP contribution in [0.15, 0.2) is 109 Å². The number of rotatable bonds is 47. The molecule has 0 aliphatic carbocycles. The number of ether oxygens (including phenoxy) is 3.